The molecule has 0 aromatic heterocycles. The van der Waals surface area contributed by atoms with Crippen LogP contribution < -0.4 is 11.5 Å². The molecule has 0 saturated carbocycles. The minimum Gasteiger partial charge on any atom is -0.369 e. The van der Waals surface area contributed by atoms with Crippen LogP contribution in [0.5, 0.6) is 0 Å². The lowest BCUT2D eigenvalue weighted by Gasteiger charge is -2.09. The van der Waals surface area contributed by atoms with Crippen LogP contribution in [0, 0.1) is 5.82 Å². The van der Waals surface area contributed by atoms with Gasteiger partial charge < -0.3 is 16.4 Å². The van der Waals surface area contributed by atoms with Crippen molar-refractivity contribution in [1.29, 1.82) is 0 Å². The molecule has 112 valence electrons. The molecule has 5 nitrogen and oxygen atoms in total. The maximum atomic E-state index is 13.1. The first-order valence-electron chi connectivity index (χ1n) is 6.76. The molecule has 0 amide bonds. The highest BCUT2D eigenvalue weighted by atomic mass is 19.1. The predicted octanol–water partition coefficient (Wildman–Crippen LogP) is 1.35. The zero-order chi connectivity index (χ0) is 15.4. The van der Waals surface area contributed by atoms with Gasteiger partial charge in [0.1, 0.15) is 5.82 Å². The summed E-state index contributed by atoms with van der Waals surface area (Å²) in [6, 6.07) is 4.88. The van der Waals surface area contributed by atoms with Gasteiger partial charge in [0.15, 0.2) is 5.96 Å². The number of nitrogens with zero attached hydrogens (tertiary/aromatic N) is 3. The van der Waals surface area contributed by atoms with Crippen LogP contribution in [0.4, 0.5) is 4.39 Å². The minimum atomic E-state index is -0.195. The summed E-state index contributed by atoms with van der Waals surface area (Å²) in [6.07, 6.45) is 3.62. The van der Waals surface area contributed by atoms with E-state index in [-0.39, 0.29) is 11.8 Å². The highest BCUT2D eigenvalue weighted by Crippen LogP contribution is 2.30. The fraction of sp³-hybridized carbons (Fsp3) is 0.333. The first-order valence-corrected chi connectivity index (χ1v) is 6.76. The summed E-state index contributed by atoms with van der Waals surface area (Å²) in [5.41, 5.74) is 14.7. The van der Waals surface area contributed by atoms with E-state index in [0.29, 0.717) is 12.5 Å². The Morgan fingerprint density at radius 3 is 2.81 bits per heavy atom. The summed E-state index contributed by atoms with van der Waals surface area (Å²) >= 11 is 0. The molecule has 1 aliphatic rings. The zero-order valence-corrected chi connectivity index (χ0v) is 12.3. The SMILES string of the molecule is CN(C)C(N)=NC(N)=NCCC1=CCc2cc(F)ccc21. The highest BCUT2D eigenvalue weighted by Gasteiger charge is 2.13. The molecule has 0 fully saturated rings. The van der Waals surface area contributed by atoms with Crippen LogP contribution in [-0.2, 0) is 6.42 Å². The summed E-state index contributed by atoms with van der Waals surface area (Å²) in [5.74, 6) is 0.287. The fourth-order valence-corrected chi connectivity index (χ4v) is 2.17. The maximum absolute atomic E-state index is 13.1. The number of fused-ring (bicyclic) bond motifs is 1. The molecule has 0 aliphatic heterocycles. The van der Waals surface area contributed by atoms with Gasteiger partial charge in [0.2, 0.25) is 5.96 Å². The van der Waals surface area contributed by atoms with E-state index in [4.69, 9.17) is 11.5 Å². The van der Waals surface area contributed by atoms with Gasteiger partial charge in [0.25, 0.3) is 0 Å². The smallest absolute Gasteiger partial charge is 0.218 e. The molecule has 21 heavy (non-hydrogen) atoms. The van der Waals surface area contributed by atoms with Crippen molar-refractivity contribution in [2.75, 3.05) is 20.6 Å². The molecule has 0 unspecified atom stereocenters. The first-order chi connectivity index (χ1) is 9.97. The Hall–Kier alpha value is -2.37. The monoisotopic (exact) mass is 289 g/mol. The highest BCUT2D eigenvalue weighted by molar-refractivity contribution is 5.93. The van der Waals surface area contributed by atoms with Gasteiger partial charge in [0.05, 0.1) is 0 Å². The summed E-state index contributed by atoms with van der Waals surface area (Å²) in [4.78, 5) is 9.82. The lowest BCUT2D eigenvalue weighted by molar-refractivity contribution is 0.615. The number of benzene rings is 1. The Morgan fingerprint density at radius 1 is 1.33 bits per heavy atom. The van der Waals surface area contributed by atoms with E-state index in [1.54, 1.807) is 25.1 Å². The van der Waals surface area contributed by atoms with Gasteiger partial charge in [-0.2, -0.15) is 4.99 Å². The molecule has 6 heteroatoms. The number of hydrogen-bond donors (Lipinski definition) is 2. The van der Waals surface area contributed by atoms with Gasteiger partial charge >= 0.3 is 0 Å². The van der Waals surface area contributed by atoms with Crippen LogP contribution >= 0.6 is 0 Å². The number of halogens is 1. The predicted molar refractivity (Wildman–Crippen MR) is 84.5 cm³/mol. The molecule has 0 radical (unpaired) electrons. The van der Waals surface area contributed by atoms with E-state index in [9.17, 15) is 4.39 Å². The standard InChI is InChI=1S/C15H20FN5/c1-21(2)15(18)20-14(17)19-8-7-10-3-4-11-9-12(16)5-6-13(10)11/h3,5-6,9H,4,7-8H2,1-2H3,(H4,17,18,19,20). The third-order valence-electron chi connectivity index (χ3n) is 3.32. The summed E-state index contributed by atoms with van der Waals surface area (Å²) in [5, 5.41) is 0. The van der Waals surface area contributed by atoms with Gasteiger partial charge in [-0.25, -0.2) is 4.39 Å². The van der Waals surface area contributed by atoms with Gasteiger partial charge in [0, 0.05) is 20.6 Å². The lowest BCUT2D eigenvalue weighted by Crippen LogP contribution is -2.32. The maximum Gasteiger partial charge on any atom is 0.218 e. The molecule has 0 saturated heterocycles. The molecule has 0 atom stereocenters. The number of guanidine groups is 2. The Balaban J connectivity index is 1.96. The van der Waals surface area contributed by atoms with Crippen molar-refractivity contribution in [1.82, 2.24) is 4.90 Å². The second-order valence-corrected chi connectivity index (χ2v) is 5.09. The zero-order valence-electron chi connectivity index (χ0n) is 12.3. The van der Waals surface area contributed by atoms with Crippen molar-refractivity contribution in [2.45, 2.75) is 12.8 Å². The number of hydrogen-bond acceptors (Lipinski definition) is 1. The molecule has 0 heterocycles. The summed E-state index contributed by atoms with van der Waals surface area (Å²) in [7, 11) is 3.57. The number of aliphatic imine (C=N–C) groups is 2. The summed E-state index contributed by atoms with van der Waals surface area (Å²) in [6.45, 7) is 0.526. The van der Waals surface area contributed by atoms with Crippen molar-refractivity contribution in [3.05, 3.63) is 41.2 Å². The van der Waals surface area contributed by atoms with Crippen LogP contribution in [0.3, 0.4) is 0 Å². The van der Waals surface area contributed by atoms with Crippen molar-refractivity contribution in [3.8, 4) is 0 Å². The van der Waals surface area contributed by atoms with Crippen LogP contribution in [0.2, 0.25) is 0 Å². The van der Waals surface area contributed by atoms with Crippen LogP contribution in [0.25, 0.3) is 5.57 Å². The van der Waals surface area contributed by atoms with Crippen molar-refractivity contribution < 1.29 is 4.39 Å². The second kappa shape index (κ2) is 6.39. The fourth-order valence-electron chi connectivity index (χ4n) is 2.17. The van der Waals surface area contributed by atoms with Crippen LogP contribution in [0.15, 0.2) is 34.3 Å². The first kappa shape index (κ1) is 15.0. The van der Waals surface area contributed by atoms with Crippen molar-refractivity contribution in [3.63, 3.8) is 0 Å². The normalized spacial score (nSPS) is 14.9. The Morgan fingerprint density at radius 2 is 2.10 bits per heavy atom. The van der Waals surface area contributed by atoms with E-state index in [1.807, 2.05) is 6.07 Å². The third kappa shape index (κ3) is 3.81. The molecule has 1 aromatic rings. The number of allylic oxidation sites excluding steroid dienone is 1. The molecule has 1 aromatic carbocycles. The largest absolute Gasteiger partial charge is 0.369 e. The van der Waals surface area contributed by atoms with E-state index < -0.39 is 0 Å². The van der Waals surface area contributed by atoms with Gasteiger partial charge in [-0.3, -0.25) is 4.99 Å². The second-order valence-electron chi connectivity index (χ2n) is 5.09. The van der Waals surface area contributed by atoms with E-state index in [0.717, 1.165) is 24.0 Å². The third-order valence-corrected chi connectivity index (χ3v) is 3.32. The molecular formula is C15H20FN5. The van der Waals surface area contributed by atoms with Crippen molar-refractivity contribution in [2.24, 2.45) is 21.5 Å². The summed E-state index contributed by atoms with van der Waals surface area (Å²) < 4.78 is 13.1. The number of rotatable bonds is 3. The molecule has 4 N–H and O–H groups in total. The van der Waals surface area contributed by atoms with Gasteiger partial charge in [-0.15, -0.1) is 0 Å². The van der Waals surface area contributed by atoms with E-state index in [1.165, 1.54) is 11.6 Å². The minimum absolute atomic E-state index is 0.166. The average Bonchev–Trinajstić information content (AvgIpc) is 2.81. The average molecular weight is 289 g/mol. The van der Waals surface area contributed by atoms with Crippen LogP contribution in [-0.4, -0.2) is 37.5 Å². The van der Waals surface area contributed by atoms with E-state index in [2.05, 4.69) is 16.1 Å². The topological polar surface area (TPSA) is 80.0 Å². The molecule has 1 aliphatic carbocycles. The lowest BCUT2D eigenvalue weighted by atomic mass is 10.0. The quantitative estimate of drug-likeness (QED) is 0.651. The molecule has 0 spiro atoms. The Kier molecular flexibility index (Phi) is 4.57. The van der Waals surface area contributed by atoms with Crippen LogP contribution in [0.1, 0.15) is 17.5 Å². The number of nitrogens with two attached hydrogens (primary N) is 2. The van der Waals surface area contributed by atoms with Crippen molar-refractivity contribution >= 4 is 17.5 Å². The molecule has 2 rings (SSSR count). The Bertz CT molecular complexity index is 616. The Labute approximate surface area is 123 Å². The van der Waals surface area contributed by atoms with E-state index >= 15 is 0 Å². The van der Waals surface area contributed by atoms with Gasteiger partial charge in [-0.05, 0) is 41.7 Å². The molecule has 0 bridgehead atoms. The molecular weight excluding hydrogens is 269 g/mol. The van der Waals surface area contributed by atoms with Gasteiger partial charge in [-0.1, -0.05) is 12.1 Å².